The summed E-state index contributed by atoms with van der Waals surface area (Å²) in [5.41, 5.74) is 3.77. The Morgan fingerprint density at radius 1 is 0.966 bits per heavy atom. The molecule has 29 heavy (non-hydrogen) atoms. The van der Waals surface area contributed by atoms with Crippen molar-refractivity contribution in [3.05, 3.63) is 35.4 Å². The molecule has 0 N–H and O–H groups in total. The predicted octanol–water partition coefficient (Wildman–Crippen LogP) is 5.71. The molecule has 2 aliphatic heterocycles. The number of likely N-dealkylation sites (tertiary alicyclic amines) is 1. The summed E-state index contributed by atoms with van der Waals surface area (Å²) in [6, 6.07) is 8.99. The first-order chi connectivity index (χ1) is 14.2. The van der Waals surface area contributed by atoms with Crippen molar-refractivity contribution in [1.82, 2.24) is 9.88 Å². The van der Waals surface area contributed by atoms with E-state index in [-0.39, 0.29) is 0 Å². The van der Waals surface area contributed by atoms with Gasteiger partial charge in [0.1, 0.15) is 5.82 Å². The fourth-order valence-electron chi connectivity index (χ4n) is 4.82. The summed E-state index contributed by atoms with van der Waals surface area (Å²) in [5, 5.41) is 1.28. The number of hydrogen-bond donors (Lipinski definition) is 0. The number of aryl methyl sites for hydroxylation is 1. The zero-order valence-corrected chi connectivity index (χ0v) is 18.8. The van der Waals surface area contributed by atoms with Crippen molar-refractivity contribution in [2.45, 2.75) is 64.7 Å². The SMILES string of the molecule is Cc1cc(N2CCCC2)nc2ccc(CC(=S)CCCN3CCCCCC3)cc12. The molecule has 2 saturated heterocycles. The van der Waals surface area contributed by atoms with E-state index < -0.39 is 0 Å². The topological polar surface area (TPSA) is 19.4 Å². The number of rotatable bonds is 7. The van der Waals surface area contributed by atoms with Crippen LogP contribution in [-0.4, -0.2) is 47.5 Å². The van der Waals surface area contributed by atoms with Gasteiger partial charge < -0.3 is 9.80 Å². The van der Waals surface area contributed by atoms with E-state index in [9.17, 15) is 0 Å². The highest BCUT2D eigenvalue weighted by atomic mass is 32.1. The van der Waals surface area contributed by atoms with Crippen LogP contribution < -0.4 is 4.90 Å². The van der Waals surface area contributed by atoms with Gasteiger partial charge in [-0.25, -0.2) is 4.98 Å². The Kier molecular flexibility index (Phi) is 7.15. The molecule has 0 spiro atoms. The molecule has 156 valence electrons. The van der Waals surface area contributed by atoms with E-state index in [0.29, 0.717) is 0 Å². The number of nitrogens with zero attached hydrogens (tertiary/aromatic N) is 3. The molecule has 3 heterocycles. The highest BCUT2D eigenvalue weighted by molar-refractivity contribution is 7.80. The first-order valence-corrected chi connectivity index (χ1v) is 12.0. The average Bonchev–Trinajstić information content (AvgIpc) is 3.13. The van der Waals surface area contributed by atoms with E-state index >= 15 is 0 Å². The second kappa shape index (κ2) is 9.99. The molecule has 0 bridgehead atoms. The zero-order valence-electron chi connectivity index (χ0n) is 18.0. The minimum absolute atomic E-state index is 0.915. The summed E-state index contributed by atoms with van der Waals surface area (Å²) < 4.78 is 0. The largest absolute Gasteiger partial charge is 0.357 e. The Balaban J connectivity index is 1.34. The van der Waals surface area contributed by atoms with E-state index in [4.69, 9.17) is 17.2 Å². The fourth-order valence-corrected chi connectivity index (χ4v) is 5.13. The smallest absolute Gasteiger partial charge is 0.129 e. The maximum Gasteiger partial charge on any atom is 0.129 e. The van der Waals surface area contributed by atoms with Gasteiger partial charge in [-0.3, -0.25) is 0 Å². The van der Waals surface area contributed by atoms with Crippen molar-refractivity contribution in [1.29, 1.82) is 0 Å². The quantitative estimate of drug-likeness (QED) is 0.545. The molecule has 2 aromatic rings. The summed E-state index contributed by atoms with van der Waals surface area (Å²) in [7, 11) is 0. The lowest BCUT2D eigenvalue weighted by Crippen LogP contribution is -2.26. The van der Waals surface area contributed by atoms with E-state index in [2.05, 4.69) is 41.0 Å². The van der Waals surface area contributed by atoms with Crippen molar-refractivity contribution in [2.24, 2.45) is 0 Å². The number of hydrogen-bond acceptors (Lipinski definition) is 4. The van der Waals surface area contributed by atoms with Crippen molar-refractivity contribution in [3.8, 4) is 0 Å². The van der Waals surface area contributed by atoms with Gasteiger partial charge >= 0.3 is 0 Å². The Bertz CT molecular complexity index is 833. The number of aromatic nitrogens is 1. The van der Waals surface area contributed by atoms with Gasteiger partial charge in [-0.1, -0.05) is 31.1 Å². The molecule has 4 rings (SSSR count). The Labute approximate surface area is 181 Å². The Morgan fingerprint density at radius 2 is 1.69 bits per heavy atom. The zero-order chi connectivity index (χ0) is 20.1. The van der Waals surface area contributed by atoms with Crippen LogP contribution in [0.1, 0.15) is 62.5 Å². The normalized spacial score (nSPS) is 18.3. The molecule has 4 heteroatoms. The van der Waals surface area contributed by atoms with Crippen LogP contribution in [0.2, 0.25) is 0 Å². The molecule has 0 saturated carbocycles. The van der Waals surface area contributed by atoms with Crippen LogP contribution in [0, 0.1) is 6.92 Å². The highest BCUT2D eigenvalue weighted by Gasteiger charge is 2.15. The van der Waals surface area contributed by atoms with E-state index in [1.54, 1.807) is 0 Å². The van der Waals surface area contributed by atoms with Gasteiger partial charge in [0.15, 0.2) is 0 Å². The number of benzene rings is 1. The predicted molar refractivity (Wildman–Crippen MR) is 128 cm³/mol. The van der Waals surface area contributed by atoms with Crippen molar-refractivity contribution < 1.29 is 0 Å². The molecule has 0 radical (unpaired) electrons. The molecule has 1 aromatic carbocycles. The van der Waals surface area contributed by atoms with Gasteiger partial charge in [-0.15, -0.1) is 0 Å². The van der Waals surface area contributed by atoms with Crippen LogP contribution in [0.25, 0.3) is 10.9 Å². The van der Waals surface area contributed by atoms with Crippen LogP contribution in [-0.2, 0) is 6.42 Å². The maximum absolute atomic E-state index is 5.74. The summed E-state index contributed by atoms with van der Waals surface area (Å²) >= 11 is 5.74. The van der Waals surface area contributed by atoms with Crippen LogP contribution in [0.3, 0.4) is 0 Å². The van der Waals surface area contributed by atoms with Crippen LogP contribution in [0.5, 0.6) is 0 Å². The molecule has 0 amide bonds. The Morgan fingerprint density at radius 3 is 2.45 bits per heavy atom. The molecule has 1 aromatic heterocycles. The maximum atomic E-state index is 5.74. The first-order valence-electron chi connectivity index (χ1n) is 11.6. The lowest BCUT2D eigenvalue weighted by atomic mass is 10.0. The third-order valence-corrected chi connectivity index (χ3v) is 6.87. The van der Waals surface area contributed by atoms with Crippen molar-refractivity contribution >= 4 is 33.8 Å². The fraction of sp³-hybridized carbons (Fsp3) is 0.600. The molecule has 2 aliphatic rings. The minimum atomic E-state index is 0.915. The van der Waals surface area contributed by atoms with Crippen LogP contribution in [0.15, 0.2) is 24.3 Å². The van der Waals surface area contributed by atoms with Gasteiger partial charge in [-0.05, 0) is 99.3 Å². The van der Waals surface area contributed by atoms with Crippen molar-refractivity contribution in [2.75, 3.05) is 37.6 Å². The third-order valence-electron chi connectivity index (χ3n) is 6.53. The molecule has 0 aliphatic carbocycles. The van der Waals surface area contributed by atoms with Gasteiger partial charge in [0.2, 0.25) is 0 Å². The Hall–Kier alpha value is -1.52. The molecule has 0 unspecified atom stereocenters. The molecule has 2 fully saturated rings. The van der Waals surface area contributed by atoms with E-state index in [1.165, 1.54) is 86.0 Å². The highest BCUT2D eigenvalue weighted by Crippen LogP contribution is 2.26. The van der Waals surface area contributed by atoms with Gasteiger partial charge in [-0.2, -0.15) is 0 Å². The van der Waals surface area contributed by atoms with Gasteiger partial charge in [0.25, 0.3) is 0 Å². The molecule has 3 nitrogen and oxygen atoms in total. The number of fused-ring (bicyclic) bond motifs is 1. The van der Waals surface area contributed by atoms with Crippen molar-refractivity contribution in [3.63, 3.8) is 0 Å². The van der Waals surface area contributed by atoms with Crippen LogP contribution in [0.4, 0.5) is 5.82 Å². The lowest BCUT2D eigenvalue weighted by Gasteiger charge is -2.19. The molecular weight excluding hydrogens is 374 g/mol. The summed E-state index contributed by atoms with van der Waals surface area (Å²) in [5.74, 6) is 1.14. The second-order valence-corrected chi connectivity index (χ2v) is 9.50. The standard InChI is InChI=1S/C25H35N3S/c1-20-17-25(28-15-6-7-16-28)26-24-11-10-21(19-23(20)24)18-22(29)9-8-14-27-12-4-2-3-5-13-27/h10-11,17,19H,2-9,12-16,18H2,1H3. The molecular formula is C25H35N3S. The monoisotopic (exact) mass is 409 g/mol. The minimum Gasteiger partial charge on any atom is -0.357 e. The number of thiocarbonyl (C=S) groups is 1. The molecule has 0 atom stereocenters. The first kappa shape index (κ1) is 20.7. The summed E-state index contributed by atoms with van der Waals surface area (Å²) in [6.45, 7) is 8.27. The van der Waals surface area contributed by atoms with Gasteiger partial charge in [0, 0.05) is 24.9 Å². The van der Waals surface area contributed by atoms with Crippen LogP contribution >= 0.6 is 12.2 Å². The lowest BCUT2D eigenvalue weighted by molar-refractivity contribution is 0.283. The van der Waals surface area contributed by atoms with Gasteiger partial charge in [0.05, 0.1) is 5.52 Å². The summed E-state index contributed by atoms with van der Waals surface area (Å²) in [6.07, 6.45) is 11.3. The third kappa shape index (κ3) is 5.55. The van der Waals surface area contributed by atoms with E-state index in [1.807, 2.05) is 0 Å². The van der Waals surface area contributed by atoms with E-state index in [0.717, 1.165) is 37.3 Å². The summed E-state index contributed by atoms with van der Waals surface area (Å²) in [4.78, 5) is 11.2. The number of anilines is 1. The number of pyridine rings is 1. The second-order valence-electron chi connectivity index (χ2n) is 8.92. The average molecular weight is 410 g/mol.